The second kappa shape index (κ2) is 6.87. The van der Waals surface area contributed by atoms with E-state index in [1.54, 1.807) is 12.1 Å². The van der Waals surface area contributed by atoms with Gasteiger partial charge in [0.1, 0.15) is 11.6 Å². The molecule has 106 valence electrons. The van der Waals surface area contributed by atoms with Gasteiger partial charge in [-0.2, -0.15) is 0 Å². The van der Waals surface area contributed by atoms with Crippen molar-refractivity contribution in [1.29, 1.82) is 0 Å². The second-order valence-corrected chi connectivity index (χ2v) is 5.03. The Kier molecular flexibility index (Phi) is 5.16. The number of ether oxygens (including phenoxy) is 2. The molecule has 1 fully saturated rings. The highest BCUT2D eigenvalue weighted by Crippen LogP contribution is 2.23. The Balaban J connectivity index is 1.82. The van der Waals surface area contributed by atoms with E-state index in [1.807, 2.05) is 7.05 Å². The molecule has 1 saturated carbocycles. The summed E-state index contributed by atoms with van der Waals surface area (Å²) < 4.78 is 24.5. The van der Waals surface area contributed by atoms with Crippen LogP contribution in [0.25, 0.3) is 0 Å². The van der Waals surface area contributed by atoms with Gasteiger partial charge in [-0.1, -0.05) is 6.07 Å². The van der Waals surface area contributed by atoms with Crippen LogP contribution in [0.1, 0.15) is 31.2 Å². The smallest absolute Gasteiger partial charge is 0.132 e. The lowest BCUT2D eigenvalue weighted by atomic mass is 9.93. The summed E-state index contributed by atoms with van der Waals surface area (Å²) >= 11 is 0. The molecular formula is C15H22FNO2. The zero-order valence-corrected chi connectivity index (χ0v) is 11.6. The maximum Gasteiger partial charge on any atom is 0.132 e. The average Bonchev–Trinajstić information content (AvgIpc) is 2.46. The summed E-state index contributed by atoms with van der Waals surface area (Å²) in [4.78, 5) is 0. The predicted octanol–water partition coefficient (Wildman–Crippen LogP) is 2.88. The number of hydrogen-bond donors (Lipinski definition) is 1. The Morgan fingerprint density at radius 2 is 2.00 bits per heavy atom. The summed E-state index contributed by atoms with van der Waals surface area (Å²) in [5, 5.41) is 3.29. The minimum absolute atomic E-state index is 0.256. The van der Waals surface area contributed by atoms with Gasteiger partial charge in [-0.3, -0.25) is 0 Å². The molecule has 0 radical (unpaired) electrons. The zero-order chi connectivity index (χ0) is 13.7. The van der Waals surface area contributed by atoms with Gasteiger partial charge in [0.25, 0.3) is 0 Å². The first kappa shape index (κ1) is 14.3. The molecule has 1 aliphatic rings. The van der Waals surface area contributed by atoms with Gasteiger partial charge >= 0.3 is 0 Å². The van der Waals surface area contributed by atoms with Crippen LogP contribution in [0.5, 0.6) is 5.75 Å². The van der Waals surface area contributed by atoms with E-state index in [1.165, 1.54) is 13.2 Å². The van der Waals surface area contributed by atoms with Crippen LogP contribution in [-0.4, -0.2) is 26.3 Å². The Morgan fingerprint density at radius 3 is 2.58 bits per heavy atom. The summed E-state index contributed by atoms with van der Waals surface area (Å²) in [7, 11) is 3.53. The van der Waals surface area contributed by atoms with E-state index in [0.29, 0.717) is 24.0 Å². The normalized spacial score (nSPS) is 23.3. The molecule has 0 bridgehead atoms. The fourth-order valence-corrected chi connectivity index (χ4v) is 2.50. The molecular weight excluding hydrogens is 245 g/mol. The molecule has 1 aromatic rings. The molecule has 19 heavy (non-hydrogen) atoms. The third-order valence-electron chi connectivity index (χ3n) is 3.82. The van der Waals surface area contributed by atoms with Crippen LogP contribution < -0.4 is 10.1 Å². The molecule has 0 aromatic heterocycles. The van der Waals surface area contributed by atoms with Crippen molar-refractivity contribution < 1.29 is 13.9 Å². The van der Waals surface area contributed by atoms with Crippen LogP contribution in [0, 0.1) is 5.82 Å². The van der Waals surface area contributed by atoms with Gasteiger partial charge in [0.2, 0.25) is 0 Å². The Hall–Kier alpha value is -1.13. The number of rotatable bonds is 5. The highest BCUT2D eigenvalue weighted by molar-refractivity contribution is 5.28. The van der Waals surface area contributed by atoms with Crippen LogP contribution in [0.4, 0.5) is 4.39 Å². The number of hydrogen-bond acceptors (Lipinski definition) is 3. The summed E-state index contributed by atoms with van der Waals surface area (Å²) in [5.74, 6) is 0.277. The van der Waals surface area contributed by atoms with Gasteiger partial charge in [0.05, 0.1) is 19.8 Å². The first-order valence-corrected chi connectivity index (χ1v) is 6.84. The standard InChI is InChI=1S/C15H22FNO2/c1-17-12-4-7-13(8-5-12)19-10-11-3-6-14(18-2)9-15(11)16/h3,6,9,12-13,17H,4-5,7-8,10H2,1-2H3. The van der Waals surface area contributed by atoms with Crippen molar-refractivity contribution in [2.45, 2.75) is 44.4 Å². The SMILES string of the molecule is CNC1CCC(OCc2ccc(OC)cc2F)CC1. The summed E-state index contributed by atoms with van der Waals surface area (Å²) in [6.45, 7) is 0.338. The molecule has 0 aliphatic heterocycles. The highest BCUT2D eigenvalue weighted by atomic mass is 19.1. The van der Waals surface area contributed by atoms with Gasteiger partial charge in [-0.05, 0) is 38.8 Å². The quantitative estimate of drug-likeness (QED) is 0.890. The van der Waals surface area contributed by atoms with Crippen LogP contribution in [0.2, 0.25) is 0 Å². The van der Waals surface area contributed by atoms with E-state index in [0.717, 1.165) is 25.7 Å². The van der Waals surface area contributed by atoms with Crippen LogP contribution in [0.15, 0.2) is 18.2 Å². The van der Waals surface area contributed by atoms with E-state index >= 15 is 0 Å². The molecule has 0 unspecified atom stereocenters. The molecule has 1 aliphatic carbocycles. The molecule has 4 heteroatoms. The third kappa shape index (κ3) is 3.91. The number of nitrogens with one attached hydrogen (secondary N) is 1. The van der Waals surface area contributed by atoms with Gasteiger partial charge in [-0.15, -0.1) is 0 Å². The van der Waals surface area contributed by atoms with Crippen molar-refractivity contribution in [2.75, 3.05) is 14.2 Å². The Bertz CT molecular complexity index is 403. The van der Waals surface area contributed by atoms with Crippen molar-refractivity contribution in [3.05, 3.63) is 29.6 Å². The molecule has 0 spiro atoms. The molecule has 2 rings (SSSR count). The number of methoxy groups -OCH3 is 1. The van der Waals surface area contributed by atoms with Crippen molar-refractivity contribution in [3.8, 4) is 5.75 Å². The van der Waals surface area contributed by atoms with E-state index in [9.17, 15) is 4.39 Å². The van der Waals surface area contributed by atoms with Gasteiger partial charge in [0, 0.05) is 17.7 Å². The van der Waals surface area contributed by atoms with Gasteiger partial charge in [-0.25, -0.2) is 4.39 Å². The molecule has 3 nitrogen and oxygen atoms in total. The van der Waals surface area contributed by atoms with Crippen molar-refractivity contribution in [2.24, 2.45) is 0 Å². The van der Waals surface area contributed by atoms with Crippen LogP contribution >= 0.6 is 0 Å². The monoisotopic (exact) mass is 267 g/mol. The lowest BCUT2D eigenvalue weighted by molar-refractivity contribution is 0.0106. The zero-order valence-electron chi connectivity index (χ0n) is 11.6. The minimum atomic E-state index is -0.261. The fourth-order valence-electron chi connectivity index (χ4n) is 2.50. The molecule has 0 atom stereocenters. The lowest BCUT2D eigenvalue weighted by Crippen LogP contribution is -2.32. The van der Waals surface area contributed by atoms with Crippen molar-refractivity contribution in [1.82, 2.24) is 5.32 Å². The molecule has 0 amide bonds. The topological polar surface area (TPSA) is 30.5 Å². The summed E-state index contributed by atoms with van der Waals surface area (Å²) in [6.07, 6.45) is 4.61. The highest BCUT2D eigenvalue weighted by Gasteiger charge is 2.20. The molecule has 1 N–H and O–H groups in total. The maximum atomic E-state index is 13.7. The molecule has 0 saturated heterocycles. The molecule has 1 aromatic carbocycles. The van der Waals surface area contributed by atoms with Crippen LogP contribution in [0.3, 0.4) is 0 Å². The minimum Gasteiger partial charge on any atom is -0.497 e. The Labute approximate surface area is 114 Å². The third-order valence-corrected chi connectivity index (χ3v) is 3.82. The number of benzene rings is 1. The lowest BCUT2D eigenvalue weighted by Gasteiger charge is -2.28. The van der Waals surface area contributed by atoms with Crippen molar-refractivity contribution >= 4 is 0 Å². The summed E-state index contributed by atoms with van der Waals surface area (Å²) in [6, 6.07) is 5.50. The first-order valence-electron chi connectivity index (χ1n) is 6.84. The Morgan fingerprint density at radius 1 is 1.26 bits per heavy atom. The van der Waals surface area contributed by atoms with E-state index in [-0.39, 0.29) is 11.9 Å². The second-order valence-electron chi connectivity index (χ2n) is 5.03. The van der Waals surface area contributed by atoms with Crippen molar-refractivity contribution in [3.63, 3.8) is 0 Å². The predicted molar refractivity (Wildman–Crippen MR) is 72.8 cm³/mol. The number of halogens is 1. The van der Waals surface area contributed by atoms with E-state index in [2.05, 4.69) is 5.32 Å². The fraction of sp³-hybridized carbons (Fsp3) is 0.600. The van der Waals surface area contributed by atoms with Gasteiger partial charge < -0.3 is 14.8 Å². The first-order chi connectivity index (χ1) is 9.22. The maximum absolute atomic E-state index is 13.7. The largest absolute Gasteiger partial charge is 0.497 e. The van der Waals surface area contributed by atoms with E-state index in [4.69, 9.17) is 9.47 Å². The van der Waals surface area contributed by atoms with Crippen LogP contribution in [-0.2, 0) is 11.3 Å². The van der Waals surface area contributed by atoms with E-state index < -0.39 is 0 Å². The average molecular weight is 267 g/mol. The molecule has 0 heterocycles. The van der Waals surface area contributed by atoms with Gasteiger partial charge in [0.15, 0.2) is 0 Å². The summed E-state index contributed by atoms with van der Waals surface area (Å²) in [5.41, 5.74) is 0.594.